The highest BCUT2D eigenvalue weighted by molar-refractivity contribution is 5.92. The van der Waals surface area contributed by atoms with Crippen LogP contribution in [0.15, 0.2) is 47.2 Å². The van der Waals surface area contributed by atoms with Crippen LogP contribution >= 0.6 is 0 Å². The number of aromatic amines is 1. The number of rotatable bonds is 4. The predicted octanol–water partition coefficient (Wildman–Crippen LogP) is 5.66. The summed E-state index contributed by atoms with van der Waals surface area (Å²) in [6.45, 7) is 2.36. The molecule has 2 atom stereocenters. The van der Waals surface area contributed by atoms with Crippen LogP contribution in [0.4, 0.5) is 10.2 Å². The van der Waals surface area contributed by atoms with E-state index in [0.29, 0.717) is 35.1 Å². The second kappa shape index (κ2) is 7.18. The fraction of sp³-hybridized carbons (Fsp3) is 0.375. The third-order valence-corrected chi connectivity index (χ3v) is 7.19. The summed E-state index contributed by atoms with van der Waals surface area (Å²) in [6.07, 6.45) is 8.69. The Labute approximate surface area is 179 Å². The van der Waals surface area contributed by atoms with Gasteiger partial charge >= 0.3 is 0 Å². The molecule has 4 aromatic heterocycles. The van der Waals surface area contributed by atoms with E-state index in [1.807, 2.05) is 18.2 Å². The van der Waals surface area contributed by atoms with Crippen LogP contribution in [-0.2, 0) is 0 Å². The molecule has 2 N–H and O–H groups in total. The van der Waals surface area contributed by atoms with Crippen molar-refractivity contribution < 1.29 is 8.81 Å². The fourth-order valence-corrected chi connectivity index (χ4v) is 5.53. The monoisotopic (exact) mass is 417 g/mol. The summed E-state index contributed by atoms with van der Waals surface area (Å²) in [5, 5.41) is 4.53. The Hall–Kier alpha value is -3.22. The van der Waals surface area contributed by atoms with Gasteiger partial charge in [0.1, 0.15) is 17.2 Å². The molecule has 0 radical (unpaired) electrons. The standard InChI is InChI=1S/C24H24FN5O/c1-13-14-4-6-15(7-5-14)22(13)29-21-11-18(19-3-2-10-31-19)27-24(30-21)17-12-26-23-16(17)8-9-20(25)28-23/h2-3,8-15,22H,4-7H2,1H3,(H,26,28)(H,27,29,30)/t13-,14?,15?,22+/m0/s1. The third kappa shape index (κ3) is 3.19. The molecule has 4 aromatic rings. The molecule has 0 saturated heterocycles. The van der Waals surface area contributed by atoms with Gasteiger partial charge < -0.3 is 14.7 Å². The maximum absolute atomic E-state index is 13.5. The van der Waals surface area contributed by atoms with Gasteiger partial charge in [0.2, 0.25) is 5.95 Å². The SMILES string of the molecule is C[C@H]1C2CCC(CC2)[C@@H]1Nc1cc(-c2ccco2)nc(-c2c[nH]c3nc(F)ccc23)n1. The molecule has 7 heteroatoms. The van der Waals surface area contributed by atoms with E-state index in [-0.39, 0.29) is 0 Å². The smallest absolute Gasteiger partial charge is 0.214 e. The van der Waals surface area contributed by atoms with Crippen molar-refractivity contribution in [3.05, 3.63) is 48.7 Å². The molecule has 0 spiro atoms. The number of H-pyrrole nitrogens is 1. The molecule has 3 fully saturated rings. The highest BCUT2D eigenvalue weighted by Gasteiger charge is 2.41. The van der Waals surface area contributed by atoms with Gasteiger partial charge in [0.05, 0.1) is 6.26 Å². The van der Waals surface area contributed by atoms with Gasteiger partial charge in [-0.2, -0.15) is 4.39 Å². The third-order valence-electron chi connectivity index (χ3n) is 7.19. The summed E-state index contributed by atoms with van der Waals surface area (Å²) in [5.41, 5.74) is 1.99. The number of furan rings is 1. The van der Waals surface area contributed by atoms with Gasteiger partial charge in [0.15, 0.2) is 11.6 Å². The molecule has 158 valence electrons. The lowest BCUT2D eigenvalue weighted by Gasteiger charge is -2.47. The second-order valence-electron chi connectivity index (χ2n) is 8.88. The zero-order valence-electron chi connectivity index (χ0n) is 17.3. The number of pyridine rings is 1. The summed E-state index contributed by atoms with van der Waals surface area (Å²) >= 11 is 0. The maximum atomic E-state index is 13.5. The molecule has 6 nitrogen and oxygen atoms in total. The molecule has 0 amide bonds. The van der Waals surface area contributed by atoms with Crippen molar-refractivity contribution in [3.8, 4) is 22.8 Å². The van der Waals surface area contributed by atoms with E-state index < -0.39 is 5.95 Å². The Morgan fingerprint density at radius 2 is 1.90 bits per heavy atom. The van der Waals surface area contributed by atoms with Crippen molar-refractivity contribution in [2.24, 2.45) is 17.8 Å². The Balaban J connectivity index is 1.43. The molecule has 2 bridgehead atoms. The van der Waals surface area contributed by atoms with Gasteiger partial charge in [-0.15, -0.1) is 0 Å². The number of nitrogens with one attached hydrogen (secondary N) is 2. The molecule has 3 aliphatic rings. The summed E-state index contributed by atoms with van der Waals surface area (Å²) < 4.78 is 19.2. The van der Waals surface area contributed by atoms with Crippen molar-refractivity contribution in [3.63, 3.8) is 0 Å². The number of hydrogen-bond acceptors (Lipinski definition) is 5. The molecule has 31 heavy (non-hydrogen) atoms. The lowest BCUT2D eigenvalue weighted by Crippen LogP contribution is -2.47. The first kappa shape index (κ1) is 18.5. The fourth-order valence-electron chi connectivity index (χ4n) is 5.53. The van der Waals surface area contributed by atoms with E-state index in [2.05, 4.69) is 22.2 Å². The minimum Gasteiger partial charge on any atom is -0.463 e. The first-order valence-electron chi connectivity index (χ1n) is 11.0. The topological polar surface area (TPSA) is 79.6 Å². The quantitative estimate of drug-likeness (QED) is 0.419. The van der Waals surface area contributed by atoms with Gasteiger partial charge in [0.25, 0.3) is 0 Å². The van der Waals surface area contributed by atoms with Crippen LogP contribution in [0.5, 0.6) is 0 Å². The van der Waals surface area contributed by atoms with E-state index in [9.17, 15) is 4.39 Å². The van der Waals surface area contributed by atoms with Crippen molar-refractivity contribution in [2.45, 2.75) is 38.6 Å². The first-order valence-corrected chi connectivity index (χ1v) is 11.0. The van der Waals surface area contributed by atoms with E-state index in [4.69, 9.17) is 14.4 Å². The number of hydrogen-bond donors (Lipinski definition) is 2. The van der Waals surface area contributed by atoms with Crippen molar-refractivity contribution in [1.29, 1.82) is 0 Å². The maximum Gasteiger partial charge on any atom is 0.214 e. The summed E-state index contributed by atoms with van der Waals surface area (Å²) in [6, 6.07) is 9.19. The molecule has 3 aliphatic carbocycles. The zero-order chi connectivity index (χ0) is 20.9. The van der Waals surface area contributed by atoms with Crippen LogP contribution in [-0.4, -0.2) is 26.0 Å². The minimum absolute atomic E-state index is 0.415. The number of anilines is 1. The lowest BCUT2D eigenvalue weighted by molar-refractivity contribution is 0.0928. The van der Waals surface area contributed by atoms with Gasteiger partial charge in [-0.1, -0.05) is 6.92 Å². The van der Waals surface area contributed by atoms with Crippen molar-refractivity contribution >= 4 is 16.9 Å². The number of aromatic nitrogens is 4. The molecule has 0 aromatic carbocycles. The average molecular weight is 417 g/mol. The summed E-state index contributed by atoms with van der Waals surface area (Å²) in [5.74, 6) is 3.63. The van der Waals surface area contributed by atoms with E-state index >= 15 is 0 Å². The predicted molar refractivity (Wildman–Crippen MR) is 117 cm³/mol. The largest absolute Gasteiger partial charge is 0.463 e. The Morgan fingerprint density at radius 1 is 1.06 bits per heavy atom. The zero-order valence-corrected chi connectivity index (χ0v) is 17.3. The van der Waals surface area contributed by atoms with Crippen LogP contribution < -0.4 is 5.32 Å². The van der Waals surface area contributed by atoms with E-state index in [1.165, 1.54) is 31.7 Å². The van der Waals surface area contributed by atoms with Crippen LogP contribution in [0.25, 0.3) is 33.9 Å². The van der Waals surface area contributed by atoms with Crippen LogP contribution in [0.3, 0.4) is 0 Å². The molecular weight excluding hydrogens is 393 g/mol. The molecule has 0 aliphatic heterocycles. The van der Waals surface area contributed by atoms with Crippen molar-refractivity contribution in [1.82, 2.24) is 19.9 Å². The van der Waals surface area contributed by atoms with Gasteiger partial charge in [-0.3, -0.25) is 0 Å². The van der Waals surface area contributed by atoms with Crippen LogP contribution in [0.2, 0.25) is 0 Å². The van der Waals surface area contributed by atoms with Crippen LogP contribution in [0, 0.1) is 23.7 Å². The van der Waals surface area contributed by atoms with E-state index in [0.717, 1.165) is 28.4 Å². The van der Waals surface area contributed by atoms with Gasteiger partial charge in [-0.05, 0) is 67.7 Å². The molecule has 4 heterocycles. The Kier molecular flexibility index (Phi) is 4.30. The normalized spacial score (nSPS) is 25.2. The lowest BCUT2D eigenvalue weighted by atomic mass is 9.62. The number of halogens is 1. The van der Waals surface area contributed by atoms with Gasteiger partial charge in [0, 0.05) is 29.3 Å². The Bertz CT molecular complexity index is 1220. The highest BCUT2D eigenvalue weighted by atomic mass is 19.1. The van der Waals surface area contributed by atoms with Gasteiger partial charge in [-0.25, -0.2) is 15.0 Å². The molecule has 3 saturated carbocycles. The first-order chi connectivity index (χ1) is 15.2. The number of fused-ring (bicyclic) bond motifs is 4. The van der Waals surface area contributed by atoms with Crippen molar-refractivity contribution in [2.75, 3.05) is 5.32 Å². The number of nitrogens with zero attached hydrogens (tertiary/aromatic N) is 3. The molecular formula is C24H24FN5O. The van der Waals surface area contributed by atoms with Crippen LogP contribution in [0.1, 0.15) is 32.6 Å². The minimum atomic E-state index is -0.519. The highest BCUT2D eigenvalue weighted by Crippen LogP contribution is 2.46. The van der Waals surface area contributed by atoms with E-state index in [1.54, 1.807) is 18.5 Å². The Morgan fingerprint density at radius 3 is 2.68 bits per heavy atom. The molecule has 7 rings (SSSR count). The second-order valence-corrected chi connectivity index (χ2v) is 8.88. The summed E-state index contributed by atoms with van der Waals surface area (Å²) in [4.78, 5) is 16.6. The average Bonchev–Trinajstić information content (AvgIpc) is 3.46. The summed E-state index contributed by atoms with van der Waals surface area (Å²) in [7, 11) is 0. The molecule has 0 unspecified atom stereocenters.